The number of hydrogen-bond donors (Lipinski definition) is 0. The van der Waals surface area contributed by atoms with E-state index in [1.807, 2.05) is 0 Å². The Morgan fingerprint density at radius 2 is 0.200 bits per heavy atom. The summed E-state index contributed by atoms with van der Waals surface area (Å²) in [6.07, 6.45) is 0. The van der Waals surface area contributed by atoms with Gasteiger partial charge in [-0.1, -0.05) is 0 Å². The van der Waals surface area contributed by atoms with Crippen LogP contribution < -0.4 is 206 Å². The molecule has 0 unspecified atom stereocenters. The fraction of sp³-hybridized carbons (Fsp3) is 0. The zero-order valence-electron chi connectivity index (χ0n) is 16.5. The Hall–Kier alpha value is 2.79. The molecule has 0 aromatic rings. The van der Waals surface area contributed by atoms with Gasteiger partial charge in [-0.3, -0.25) is 0 Å². The molecular weight excluding hydrogens is 604 g/mol. The van der Waals surface area contributed by atoms with E-state index in [1.165, 1.54) is 0 Å². The second-order valence-electron chi connectivity index (χ2n) is 0. The molecule has 0 saturated carbocycles. The topological polar surface area (TPSA) is 474 Å². The first-order valence-electron chi connectivity index (χ1n) is 1.79. The van der Waals surface area contributed by atoms with Crippen molar-refractivity contribution in [1.82, 2.24) is 0 Å². The van der Waals surface area contributed by atoms with Crippen molar-refractivity contribution < 1.29 is 276 Å². The molecule has 0 heterocycles. The second kappa shape index (κ2) is 3860. The summed E-state index contributed by atoms with van der Waals surface area (Å²) in [5.74, 6) is 0. The minimum absolute atomic E-state index is 0. The molecule has 0 aromatic carbocycles. The quantitative estimate of drug-likeness (QED) is 0.184. The molecule has 0 radical (unpaired) electrons. The van der Waals surface area contributed by atoms with Crippen LogP contribution in [0, 0.1) is 94.7 Å². The molecule has 18 N–H and O–H groups in total. The molecular formula is C8H18K4MoN8O9. The average molecular weight is 623 g/mol. The van der Waals surface area contributed by atoms with Crippen LogP contribution in [0.1, 0.15) is 0 Å². The zero-order valence-corrected chi connectivity index (χ0v) is 31.0. The predicted molar refractivity (Wildman–Crippen MR) is 72.3 cm³/mol. The van der Waals surface area contributed by atoms with Gasteiger partial charge in [0.1, 0.15) is 0 Å². The molecule has 0 atom stereocenters. The molecule has 22 heteroatoms. The fourth-order valence-electron chi connectivity index (χ4n) is 0. The third kappa shape index (κ3) is 3500. The molecule has 0 aliphatic carbocycles. The van der Waals surface area contributed by atoms with E-state index in [0.29, 0.717) is 0 Å². The van der Waals surface area contributed by atoms with Crippen molar-refractivity contribution in [3.8, 4) is 0 Å². The van der Waals surface area contributed by atoms with Crippen LogP contribution in [0.2, 0.25) is 0 Å². The molecule has 0 bridgehead atoms. The van der Waals surface area contributed by atoms with Crippen LogP contribution in [0.5, 0.6) is 0 Å². The smallest absolute Gasteiger partial charge is 0.512 e. The van der Waals surface area contributed by atoms with Gasteiger partial charge in [0.05, 0.1) is 0 Å². The van der Waals surface area contributed by atoms with Crippen LogP contribution in [0.3, 0.4) is 0 Å². The van der Waals surface area contributed by atoms with Gasteiger partial charge in [0.2, 0.25) is 0 Å². The number of rotatable bonds is 0. The van der Waals surface area contributed by atoms with Gasteiger partial charge in [-0.05, 0) is 0 Å². The molecule has 0 amide bonds. The Balaban J connectivity index is -0.00000000114. The Labute approximate surface area is 361 Å². The SMILES string of the molecule is O.O.O.O.O.O.O.O.O.[C-]#N.[C-]#N.[C-]#N.[C-]#N.[C-]#N.[C-]#N.[C-]#N.[C-]#N.[K+].[K+].[K+].[K+].[Mo+4]. The first kappa shape index (κ1) is 285. The molecule has 0 fully saturated rings. The van der Waals surface area contributed by atoms with Crippen LogP contribution in [0.25, 0.3) is 0 Å². The van der Waals surface area contributed by atoms with E-state index < -0.39 is 0 Å². The van der Waals surface area contributed by atoms with Gasteiger partial charge < -0.3 is 144 Å². The van der Waals surface area contributed by atoms with Gasteiger partial charge in [-0.25, -0.2) is 0 Å². The van der Waals surface area contributed by atoms with Crippen molar-refractivity contribution in [3.05, 3.63) is 52.6 Å². The second-order valence-corrected chi connectivity index (χ2v) is 0. The van der Waals surface area contributed by atoms with Gasteiger partial charge in [0.25, 0.3) is 0 Å². The number of nitrogens with zero attached hydrogens (tertiary/aromatic N) is 8. The van der Waals surface area contributed by atoms with E-state index >= 15 is 0 Å². The maximum atomic E-state index is 6.25. The third-order valence-electron chi connectivity index (χ3n) is 0. The molecule has 0 aromatic heterocycles. The largest absolute Gasteiger partial charge is 4.00 e. The van der Waals surface area contributed by atoms with Crippen LogP contribution in [0.4, 0.5) is 0 Å². The molecule has 0 rings (SSSR count). The normalized spacial score (nSPS) is 0.533. The third-order valence-corrected chi connectivity index (χ3v) is 0. The van der Waals surface area contributed by atoms with Crippen molar-refractivity contribution in [2.45, 2.75) is 0 Å². The Morgan fingerprint density at radius 3 is 0.200 bits per heavy atom. The van der Waals surface area contributed by atoms with Crippen LogP contribution in [0.15, 0.2) is 0 Å². The summed E-state index contributed by atoms with van der Waals surface area (Å²) in [6, 6.07) is 0. The maximum Gasteiger partial charge on any atom is 4.00 e. The van der Waals surface area contributed by atoms with E-state index in [9.17, 15) is 0 Å². The van der Waals surface area contributed by atoms with Crippen LogP contribution in [-0.4, -0.2) is 49.3 Å². The molecule has 154 valence electrons. The van der Waals surface area contributed by atoms with E-state index in [4.69, 9.17) is 94.7 Å². The van der Waals surface area contributed by atoms with E-state index in [-0.39, 0.29) is 276 Å². The van der Waals surface area contributed by atoms with Crippen molar-refractivity contribution >= 4 is 0 Å². The molecule has 0 aliphatic heterocycles. The average Bonchev–Trinajstić information content (AvgIpc) is 2.54. The summed E-state index contributed by atoms with van der Waals surface area (Å²) in [5.41, 5.74) is 0. The summed E-state index contributed by atoms with van der Waals surface area (Å²) in [7, 11) is 0. The maximum absolute atomic E-state index is 6.25. The summed E-state index contributed by atoms with van der Waals surface area (Å²) < 4.78 is 0. The number of hydrogen-bond acceptors (Lipinski definition) is 8. The van der Waals surface area contributed by atoms with Gasteiger partial charge in [-0.15, -0.1) is 0 Å². The fourth-order valence-corrected chi connectivity index (χ4v) is 0. The van der Waals surface area contributed by atoms with Gasteiger partial charge >= 0.3 is 227 Å². The standard InChI is InChI=1S/8CN.4K.Mo.9H2O/c8*1-2;;;;;;;;;;;;;;/h;;;;;;;;;;;;;9*1H2/q8*-1;4*+1;+4;;;;;;;;;. The minimum atomic E-state index is 0. The molecule has 30 heavy (non-hydrogen) atoms. The van der Waals surface area contributed by atoms with Gasteiger partial charge in [0, 0.05) is 0 Å². The Morgan fingerprint density at radius 1 is 0.200 bits per heavy atom. The van der Waals surface area contributed by atoms with Crippen molar-refractivity contribution in [2.24, 2.45) is 0 Å². The van der Waals surface area contributed by atoms with Gasteiger partial charge in [0.15, 0.2) is 0 Å². The first-order valence-corrected chi connectivity index (χ1v) is 1.79. The van der Waals surface area contributed by atoms with E-state index in [2.05, 4.69) is 0 Å². The van der Waals surface area contributed by atoms with Crippen LogP contribution >= 0.6 is 0 Å². The van der Waals surface area contributed by atoms with Crippen LogP contribution in [-0.2, 0) is 21.1 Å². The first-order chi connectivity index (χ1) is 8.00. The van der Waals surface area contributed by atoms with Gasteiger partial charge in [-0.2, -0.15) is 0 Å². The van der Waals surface area contributed by atoms with Crippen molar-refractivity contribution in [2.75, 3.05) is 0 Å². The zero-order chi connectivity index (χ0) is 16.0. The monoisotopic (exact) mass is 624 g/mol. The predicted octanol–water partition coefficient (Wildman–Crippen LogP) is -18.6. The summed E-state index contributed by atoms with van der Waals surface area (Å²) in [4.78, 5) is 0. The Kier molecular flexibility index (Phi) is 36600. The molecule has 17 nitrogen and oxygen atoms in total. The Bertz CT molecular complexity index is 173. The summed E-state index contributed by atoms with van der Waals surface area (Å²) in [5, 5.41) is 50.0. The molecule has 0 spiro atoms. The van der Waals surface area contributed by atoms with Crippen molar-refractivity contribution in [3.63, 3.8) is 0 Å². The summed E-state index contributed by atoms with van der Waals surface area (Å²) >= 11 is 0. The molecule has 0 aliphatic rings. The van der Waals surface area contributed by atoms with Crippen molar-refractivity contribution in [1.29, 1.82) is 42.1 Å². The minimum Gasteiger partial charge on any atom is -0.512 e. The molecule has 0 saturated heterocycles. The van der Waals surface area contributed by atoms with E-state index in [1.54, 1.807) is 0 Å². The van der Waals surface area contributed by atoms with E-state index in [0.717, 1.165) is 0 Å². The summed E-state index contributed by atoms with van der Waals surface area (Å²) in [6.45, 7) is 38.0.